The quantitative estimate of drug-likeness (QED) is 0.801. The second kappa shape index (κ2) is 6.11. The lowest BCUT2D eigenvalue weighted by Crippen LogP contribution is -2.41. The summed E-state index contributed by atoms with van der Waals surface area (Å²) in [6.45, 7) is 4.08. The minimum atomic E-state index is -0.298. The van der Waals surface area contributed by atoms with Crippen molar-refractivity contribution in [3.8, 4) is 0 Å². The Balaban J connectivity index is 1.78. The fourth-order valence-corrected chi connectivity index (χ4v) is 3.04. The molecule has 1 aliphatic heterocycles. The average Bonchev–Trinajstić information content (AvgIpc) is 2.97. The maximum absolute atomic E-state index is 12.0. The van der Waals surface area contributed by atoms with Crippen LogP contribution in [0, 0.1) is 6.92 Å². The molecule has 124 valence electrons. The second-order valence-corrected chi connectivity index (χ2v) is 6.13. The molecule has 0 spiro atoms. The molecule has 1 fully saturated rings. The lowest BCUT2D eigenvalue weighted by Gasteiger charge is -2.31. The van der Waals surface area contributed by atoms with Crippen molar-refractivity contribution in [3.63, 3.8) is 0 Å². The van der Waals surface area contributed by atoms with Crippen molar-refractivity contribution in [1.82, 2.24) is 24.2 Å². The molecule has 0 saturated carbocycles. The van der Waals surface area contributed by atoms with Crippen molar-refractivity contribution in [2.45, 2.75) is 32.2 Å². The van der Waals surface area contributed by atoms with Crippen LogP contribution in [0.15, 0.2) is 20.2 Å². The fourth-order valence-electron chi connectivity index (χ4n) is 3.04. The minimum absolute atomic E-state index is 0.202. The number of aromatic nitrogens is 4. The van der Waals surface area contributed by atoms with E-state index in [9.17, 15) is 9.59 Å². The summed E-state index contributed by atoms with van der Waals surface area (Å²) in [7, 11) is 3.18. The van der Waals surface area contributed by atoms with E-state index in [1.165, 1.54) is 17.7 Å². The summed E-state index contributed by atoms with van der Waals surface area (Å²) in [5, 5.41) is 3.85. The number of hydrogen-bond donors (Lipinski definition) is 0. The van der Waals surface area contributed by atoms with Gasteiger partial charge in [-0.15, -0.1) is 0 Å². The Kier molecular flexibility index (Phi) is 4.16. The van der Waals surface area contributed by atoms with E-state index >= 15 is 0 Å². The Hall–Kier alpha value is -2.22. The van der Waals surface area contributed by atoms with Crippen LogP contribution < -0.4 is 11.2 Å². The number of aryl methyl sites for hydroxylation is 1. The van der Waals surface area contributed by atoms with Crippen LogP contribution in [0.4, 0.5) is 0 Å². The van der Waals surface area contributed by atoms with Gasteiger partial charge in [-0.1, -0.05) is 5.16 Å². The second-order valence-electron chi connectivity index (χ2n) is 6.13. The van der Waals surface area contributed by atoms with Crippen LogP contribution in [-0.4, -0.2) is 37.3 Å². The maximum atomic E-state index is 12.0. The monoisotopic (exact) mass is 319 g/mol. The lowest BCUT2D eigenvalue weighted by molar-refractivity contribution is 0.176. The minimum Gasteiger partial charge on any atom is -0.339 e. The van der Waals surface area contributed by atoms with E-state index in [1.54, 1.807) is 7.05 Å². The molecule has 3 rings (SSSR count). The van der Waals surface area contributed by atoms with Gasteiger partial charge in [-0.2, -0.15) is 4.98 Å². The summed E-state index contributed by atoms with van der Waals surface area (Å²) >= 11 is 0. The molecule has 2 aromatic heterocycles. The first-order valence-corrected chi connectivity index (χ1v) is 7.74. The molecule has 0 amide bonds. The summed E-state index contributed by atoms with van der Waals surface area (Å²) in [5.41, 5.74) is 0.151. The Morgan fingerprint density at radius 3 is 2.78 bits per heavy atom. The summed E-state index contributed by atoms with van der Waals surface area (Å²) in [4.78, 5) is 30.4. The van der Waals surface area contributed by atoms with Gasteiger partial charge in [-0.05, 0) is 26.3 Å². The molecular formula is C15H21N5O3. The van der Waals surface area contributed by atoms with Crippen molar-refractivity contribution in [3.05, 3.63) is 44.3 Å². The summed E-state index contributed by atoms with van der Waals surface area (Å²) in [6.07, 6.45) is 2.03. The maximum Gasteiger partial charge on any atom is 0.330 e. The van der Waals surface area contributed by atoms with Gasteiger partial charge in [0, 0.05) is 38.9 Å². The predicted molar refractivity (Wildman–Crippen MR) is 83.2 cm³/mol. The highest BCUT2D eigenvalue weighted by Gasteiger charge is 2.26. The van der Waals surface area contributed by atoms with E-state index in [-0.39, 0.29) is 17.2 Å². The molecule has 0 radical (unpaired) electrons. The SMILES string of the molecule is Cc1noc([C@@H]2CCCN(Cc3cc(=O)n(C)c(=O)n3C)C2)n1. The first-order valence-electron chi connectivity index (χ1n) is 7.74. The zero-order chi connectivity index (χ0) is 16.6. The van der Waals surface area contributed by atoms with Crippen LogP contribution in [0.1, 0.15) is 36.2 Å². The van der Waals surface area contributed by atoms with Gasteiger partial charge in [0.2, 0.25) is 5.89 Å². The topological polar surface area (TPSA) is 86.2 Å². The third kappa shape index (κ3) is 3.12. The average molecular weight is 319 g/mol. The first kappa shape index (κ1) is 15.7. The van der Waals surface area contributed by atoms with E-state index in [0.29, 0.717) is 18.3 Å². The van der Waals surface area contributed by atoms with Gasteiger partial charge in [0.25, 0.3) is 5.56 Å². The molecule has 3 heterocycles. The molecule has 0 aliphatic carbocycles. The number of nitrogens with zero attached hydrogens (tertiary/aromatic N) is 5. The lowest BCUT2D eigenvalue weighted by atomic mass is 9.98. The highest BCUT2D eigenvalue weighted by molar-refractivity contribution is 5.04. The van der Waals surface area contributed by atoms with Gasteiger partial charge < -0.3 is 4.52 Å². The van der Waals surface area contributed by atoms with Crippen molar-refractivity contribution in [2.24, 2.45) is 14.1 Å². The zero-order valence-electron chi connectivity index (χ0n) is 13.7. The van der Waals surface area contributed by atoms with Gasteiger partial charge >= 0.3 is 5.69 Å². The van der Waals surface area contributed by atoms with Gasteiger partial charge in [0.05, 0.1) is 5.92 Å². The number of piperidine rings is 1. The Labute approximate surface area is 133 Å². The Morgan fingerprint density at radius 1 is 1.30 bits per heavy atom. The van der Waals surface area contributed by atoms with E-state index in [4.69, 9.17) is 4.52 Å². The van der Waals surface area contributed by atoms with Gasteiger partial charge in [0.1, 0.15) is 0 Å². The van der Waals surface area contributed by atoms with Gasteiger partial charge in [-0.25, -0.2) is 4.79 Å². The largest absolute Gasteiger partial charge is 0.339 e. The molecule has 8 nitrogen and oxygen atoms in total. The van der Waals surface area contributed by atoms with E-state index in [2.05, 4.69) is 15.0 Å². The zero-order valence-corrected chi connectivity index (χ0v) is 13.7. The Bertz CT molecular complexity index is 819. The van der Waals surface area contributed by atoms with Crippen LogP contribution in [0.2, 0.25) is 0 Å². The van der Waals surface area contributed by atoms with Crippen molar-refractivity contribution in [2.75, 3.05) is 13.1 Å². The van der Waals surface area contributed by atoms with Gasteiger partial charge in [-0.3, -0.25) is 18.8 Å². The highest BCUT2D eigenvalue weighted by Crippen LogP contribution is 2.26. The highest BCUT2D eigenvalue weighted by atomic mass is 16.5. The van der Waals surface area contributed by atoms with E-state index in [1.807, 2.05) is 6.92 Å². The molecule has 1 aliphatic rings. The molecule has 23 heavy (non-hydrogen) atoms. The molecule has 1 saturated heterocycles. The number of rotatable bonds is 3. The van der Waals surface area contributed by atoms with Crippen LogP contribution in [0.3, 0.4) is 0 Å². The summed E-state index contributed by atoms with van der Waals surface area (Å²) < 4.78 is 7.93. The standard InChI is InChI=1S/C15H21N5O3/c1-10-16-14(23-17-10)11-5-4-6-20(8-11)9-12-7-13(21)19(3)15(22)18(12)2/h7,11H,4-6,8-9H2,1-3H3/t11-/m1/s1. The van der Waals surface area contributed by atoms with Crippen LogP contribution >= 0.6 is 0 Å². The van der Waals surface area contributed by atoms with Crippen molar-refractivity contribution in [1.29, 1.82) is 0 Å². The third-order valence-electron chi connectivity index (χ3n) is 4.41. The first-order chi connectivity index (χ1) is 11.0. The molecule has 0 unspecified atom stereocenters. The molecular weight excluding hydrogens is 298 g/mol. The molecule has 1 atom stereocenters. The molecule has 0 aromatic carbocycles. The number of hydrogen-bond acceptors (Lipinski definition) is 6. The molecule has 0 N–H and O–H groups in total. The number of likely N-dealkylation sites (tertiary alicyclic amines) is 1. The fraction of sp³-hybridized carbons (Fsp3) is 0.600. The normalized spacial score (nSPS) is 19.2. The van der Waals surface area contributed by atoms with Crippen molar-refractivity contribution < 1.29 is 4.52 Å². The van der Waals surface area contributed by atoms with Crippen LogP contribution in [0.25, 0.3) is 0 Å². The molecule has 0 bridgehead atoms. The molecule has 8 heteroatoms. The van der Waals surface area contributed by atoms with E-state index in [0.717, 1.165) is 36.2 Å². The van der Waals surface area contributed by atoms with Crippen LogP contribution in [-0.2, 0) is 20.6 Å². The van der Waals surface area contributed by atoms with Gasteiger partial charge in [0.15, 0.2) is 5.82 Å². The summed E-state index contributed by atoms with van der Waals surface area (Å²) in [5.74, 6) is 1.52. The van der Waals surface area contributed by atoms with Crippen molar-refractivity contribution >= 4 is 0 Å². The van der Waals surface area contributed by atoms with E-state index < -0.39 is 0 Å². The molecule has 2 aromatic rings. The third-order valence-corrected chi connectivity index (χ3v) is 4.41. The Morgan fingerprint density at radius 2 is 2.09 bits per heavy atom. The smallest absolute Gasteiger partial charge is 0.330 e. The predicted octanol–water partition coefficient (Wildman–Crippen LogP) is 0.155. The van der Waals surface area contributed by atoms with Crippen LogP contribution in [0.5, 0.6) is 0 Å². The summed E-state index contributed by atoms with van der Waals surface area (Å²) in [6, 6.07) is 1.53.